The fraction of sp³-hybridized carbons (Fsp3) is 0.294. The third kappa shape index (κ3) is 4.65. The maximum Gasteiger partial charge on any atom is 0.348 e. The van der Waals surface area contributed by atoms with Gasteiger partial charge < -0.3 is 10.5 Å². The molecule has 132 valence electrons. The molecule has 0 saturated heterocycles. The second-order valence-electron chi connectivity index (χ2n) is 5.40. The van der Waals surface area contributed by atoms with Crippen molar-refractivity contribution in [3.8, 4) is 6.07 Å². The molecule has 0 aliphatic heterocycles. The van der Waals surface area contributed by atoms with Crippen molar-refractivity contribution in [3.05, 3.63) is 49.8 Å². The fourth-order valence-corrected chi connectivity index (χ4v) is 3.64. The summed E-state index contributed by atoms with van der Waals surface area (Å²) in [5.74, 6) is -0.460. The number of carbonyl (C=O) groups is 1. The van der Waals surface area contributed by atoms with Crippen LogP contribution in [0.2, 0.25) is 10.0 Å². The average molecular weight is 398 g/mol. The second-order valence-corrected chi connectivity index (χ2v) is 7.27. The van der Waals surface area contributed by atoms with Crippen molar-refractivity contribution in [2.24, 2.45) is 0 Å². The van der Waals surface area contributed by atoms with E-state index in [1.807, 2.05) is 18.0 Å². The van der Waals surface area contributed by atoms with Crippen LogP contribution in [0.15, 0.2) is 18.2 Å². The topological polar surface area (TPSA) is 79.3 Å². The third-order valence-electron chi connectivity index (χ3n) is 3.47. The van der Waals surface area contributed by atoms with Gasteiger partial charge in [0.2, 0.25) is 0 Å². The Bertz CT molecular complexity index is 830. The summed E-state index contributed by atoms with van der Waals surface area (Å²) in [6.45, 7) is 2.94. The summed E-state index contributed by atoms with van der Waals surface area (Å²) in [4.78, 5) is 14.5. The van der Waals surface area contributed by atoms with Crippen LogP contribution in [0, 0.1) is 11.3 Å². The molecule has 1 aromatic heterocycles. The van der Waals surface area contributed by atoms with Crippen molar-refractivity contribution >= 4 is 45.5 Å². The van der Waals surface area contributed by atoms with E-state index in [0.29, 0.717) is 44.1 Å². The van der Waals surface area contributed by atoms with E-state index in [4.69, 9.17) is 33.7 Å². The summed E-state index contributed by atoms with van der Waals surface area (Å²) in [7, 11) is 1.88. The van der Waals surface area contributed by atoms with E-state index in [-0.39, 0.29) is 6.61 Å². The first-order valence-electron chi connectivity index (χ1n) is 7.48. The number of halogens is 2. The molecule has 0 aliphatic rings. The molecule has 0 amide bonds. The van der Waals surface area contributed by atoms with Gasteiger partial charge in [-0.2, -0.15) is 5.26 Å². The molecule has 1 aromatic carbocycles. The summed E-state index contributed by atoms with van der Waals surface area (Å²) in [5.41, 5.74) is 7.77. The average Bonchev–Trinajstić information content (AvgIpc) is 2.86. The van der Waals surface area contributed by atoms with Gasteiger partial charge in [-0.3, -0.25) is 4.90 Å². The zero-order valence-electron chi connectivity index (χ0n) is 13.8. The molecule has 5 nitrogen and oxygen atoms in total. The minimum Gasteiger partial charge on any atom is -0.462 e. The number of esters is 1. The highest BCUT2D eigenvalue weighted by atomic mass is 35.5. The molecule has 0 spiro atoms. The first kappa shape index (κ1) is 19.5. The smallest absolute Gasteiger partial charge is 0.348 e. The molecule has 0 radical (unpaired) electrons. The Balaban J connectivity index is 2.24. The first-order chi connectivity index (χ1) is 11.9. The number of nitriles is 1. The second kappa shape index (κ2) is 8.54. The zero-order valence-corrected chi connectivity index (χ0v) is 16.1. The number of nitrogens with two attached hydrogens (primary N) is 1. The molecule has 8 heteroatoms. The number of thiophene rings is 1. The van der Waals surface area contributed by atoms with Crippen LogP contribution in [0.25, 0.3) is 0 Å². The fourth-order valence-electron chi connectivity index (χ4n) is 2.40. The number of nitrogen functional groups attached to an aromatic ring is 1. The Morgan fingerprint density at radius 3 is 2.68 bits per heavy atom. The van der Waals surface area contributed by atoms with Crippen LogP contribution >= 0.6 is 34.5 Å². The molecule has 0 atom stereocenters. The molecule has 1 heterocycles. The molecule has 0 fully saturated rings. The minimum atomic E-state index is -0.460. The predicted molar refractivity (Wildman–Crippen MR) is 101 cm³/mol. The molecular formula is C17H17Cl2N3O2S. The Morgan fingerprint density at radius 2 is 2.08 bits per heavy atom. The van der Waals surface area contributed by atoms with Crippen LogP contribution in [-0.4, -0.2) is 24.5 Å². The number of rotatable bonds is 6. The minimum absolute atomic E-state index is 0.261. The van der Waals surface area contributed by atoms with Gasteiger partial charge >= 0.3 is 5.97 Å². The number of benzene rings is 1. The lowest BCUT2D eigenvalue weighted by Gasteiger charge is -2.17. The van der Waals surface area contributed by atoms with E-state index in [9.17, 15) is 10.1 Å². The lowest BCUT2D eigenvalue weighted by Crippen LogP contribution is -2.19. The van der Waals surface area contributed by atoms with E-state index < -0.39 is 5.97 Å². The summed E-state index contributed by atoms with van der Waals surface area (Å²) in [5, 5.41) is 10.7. The van der Waals surface area contributed by atoms with E-state index in [0.717, 1.165) is 16.9 Å². The number of ether oxygens (including phenoxy) is 1. The van der Waals surface area contributed by atoms with Gasteiger partial charge in [0.15, 0.2) is 0 Å². The van der Waals surface area contributed by atoms with Gasteiger partial charge in [-0.25, -0.2) is 4.79 Å². The molecule has 0 aliphatic carbocycles. The highest BCUT2D eigenvalue weighted by molar-refractivity contribution is 7.18. The monoisotopic (exact) mass is 397 g/mol. The van der Waals surface area contributed by atoms with Crippen molar-refractivity contribution in [2.45, 2.75) is 20.0 Å². The predicted octanol–water partition coefficient (Wildman–Crippen LogP) is 4.32. The summed E-state index contributed by atoms with van der Waals surface area (Å²) >= 11 is 13.1. The van der Waals surface area contributed by atoms with Crippen molar-refractivity contribution < 1.29 is 9.53 Å². The molecule has 0 saturated carbocycles. The molecule has 25 heavy (non-hydrogen) atoms. The van der Waals surface area contributed by atoms with Gasteiger partial charge in [0.25, 0.3) is 0 Å². The number of anilines is 1. The standard InChI is InChI=1S/C17H17Cl2N3O2S/c1-3-24-17(23)15-12(11(7-20)16(21)25-15)9-22(2)8-10-4-5-13(18)14(19)6-10/h4-6H,3,8-9,21H2,1-2H3. The van der Waals surface area contributed by atoms with Gasteiger partial charge in [-0.1, -0.05) is 29.3 Å². The number of hydrogen-bond donors (Lipinski definition) is 1. The van der Waals surface area contributed by atoms with Crippen LogP contribution < -0.4 is 5.73 Å². The Labute approximate surface area is 160 Å². The maximum absolute atomic E-state index is 12.1. The van der Waals surface area contributed by atoms with Crippen LogP contribution in [-0.2, 0) is 17.8 Å². The van der Waals surface area contributed by atoms with Crippen molar-refractivity contribution in [1.82, 2.24) is 4.90 Å². The molecule has 2 N–H and O–H groups in total. The summed E-state index contributed by atoms with van der Waals surface area (Å²) in [6.07, 6.45) is 0. The normalized spacial score (nSPS) is 10.7. The quantitative estimate of drug-likeness (QED) is 0.734. The van der Waals surface area contributed by atoms with Crippen LogP contribution in [0.4, 0.5) is 5.00 Å². The van der Waals surface area contributed by atoms with Crippen LogP contribution in [0.3, 0.4) is 0 Å². The van der Waals surface area contributed by atoms with E-state index in [1.54, 1.807) is 19.1 Å². The summed E-state index contributed by atoms with van der Waals surface area (Å²) < 4.78 is 5.07. The van der Waals surface area contributed by atoms with Crippen molar-refractivity contribution in [3.63, 3.8) is 0 Å². The summed E-state index contributed by atoms with van der Waals surface area (Å²) in [6, 6.07) is 7.49. The van der Waals surface area contributed by atoms with Gasteiger partial charge in [-0.15, -0.1) is 11.3 Å². The molecule has 0 unspecified atom stereocenters. The Kier molecular flexibility index (Phi) is 6.68. The highest BCUT2D eigenvalue weighted by Gasteiger charge is 2.23. The SMILES string of the molecule is CCOC(=O)c1sc(N)c(C#N)c1CN(C)Cc1ccc(Cl)c(Cl)c1. The number of nitrogens with zero attached hydrogens (tertiary/aromatic N) is 2. The lowest BCUT2D eigenvalue weighted by atomic mass is 10.1. The number of hydrogen-bond acceptors (Lipinski definition) is 6. The molecule has 2 rings (SSSR count). The number of carbonyl (C=O) groups excluding carboxylic acids is 1. The van der Waals surface area contributed by atoms with Gasteiger partial charge in [-0.05, 0) is 31.7 Å². The third-order valence-corrected chi connectivity index (χ3v) is 5.25. The van der Waals surface area contributed by atoms with Gasteiger partial charge in [0.1, 0.15) is 15.9 Å². The van der Waals surface area contributed by atoms with Crippen molar-refractivity contribution in [1.29, 1.82) is 5.26 Å². The van der Waals surface area contributed by atoms with Gasteiger partial charge in [0.05, 0.1) is 22.2 Å². The Morgan fingerprint density at radius 1 is 1.36 bits per heavy atom. The zero-order chi connectivity index (χ0) is 18.6. The van der Waals surface area contributed by atoms with Crippen LogP contribution in [0.5, 0.6) is 0 Å². The highest BCUT2D eigenvalue weighted by Crippen LogP contribution is 2.32. The first-order valence-corrected chi connectivity index (χ1v) is 9.05. The van der Waals surface area contributed by atoms with Crippen LogP contribution in [0.1, 0.15) is 33.3 Å². The largest absolute Gasteiger partial charge is 0.462 e. The van der Waals surface area contributed by atoms with E-state index in [1.165, 1.54) is 0 Å². The van der Waals surface area contributed by atoms with Crippen molar-refractivity contribution in [2.75, 3.05) is 19.4 Å². The lowest BCUT2D eigenvalue weighted by molar-refractivity contribution is 0.0530. The van der Waals surface area contributed by atoms with Gasteiger partial charge in [0, 0.05) is 18.7 Å². The van der Waals surface area contributed by atoms with E-state index in [2.05, 4.69) is 6.07 Å². The molecule has 0 bridgehead atoms. The molecule has 2 aromatic rings. The Hall–Kier alpha value is -1.78. The maximum atomic E-state index is 12.1. The van der Waals surface area contributed by atoms with E-state index >= 15 is 0 Å². The molecular weight excluding hydrogens is 381 g/mol.